The number of benzene rings is 2. The van der Waals surface area contributed by atoms with Gasteiger partial charge in [-0.3, -0.25) is 14.4 Å². The van der Waals surface area contributed by atoms with Gasteiger partial charge in [-0.2, -0.15) is 0 Å². The van der Waals surface area contributed by atoms with Gasteiger partial charge in [0.1, 0.15) is 29.9 Å². The summed E-state index contributed by atoms with van der Waals surface area (Å²) in [4.78, 5) is 52.6. The molecule has 1 heterocycles. The van der Waals surface area contributed by atoms with Crippen LogP contribution in [0.15, 0.2) is 54.6 Å². The minimum absolute atomic E-state index is 0.0336. The molecule has 0 radical (unpaired) electrons. The summed E-state index contributed by atoms with van der Waals surface area (Å²) in [5, 5.41) is 34.2. The molecule has 11 nitrogen and oxygen atoms in total. The molecule has 0 bridgehead atoms. The minimum atomic E-state index is -1.27. The van der Waals surface area contributed by atoms with Crippen LogP contribution in [-0.2, 0) is 32.0 Å². The van der Waals surface area contributed by atoms with Crippen LogP contribution in [0.5, 0.6) is 5.75 Å². The number of nitrogens with one attached hydrogen (secondary N) is 2. The number of hydrogen-bond acceptors (Lipinski definition) is 7. The number of rotatable bonds is 11. The molecule has 5 unspecified atom stereocenters. The number of amides is 3. The van der Waals surface area contributed by atoms with Gasteiger partial charge < -0.3 is 36.6 Å². The molecule has 1 fully saturated rings. The number of aliphatic hydroxyl groups excluding tert-OH is 1. The van der Waals surface area contributed by atoms with Crippen molar-refractivity contribution < 1.29 is 34.5 Å². The summed E-state index contributed by atoms with van der Waals surface area (Å²) >= 11 is 0. The highest BCUT2D eigenvalue weighted by molar-refractivity contribution is 5.94. The Hall–Kier alpha value is -3.96. The second kappa shape index (κ2) is 13.0. The Labute approximate surface area is 220 Å². The van der Waals surface area contributed by atoms with E-state index in [0.29, 0.717) is 18.4 Å². The van der Waals surface area contributed by atoms with Crippen molar-refractivity contribution in [3.63, 3.8) is 0 Å². The van der Waals surface area contributed by atoms with Crippen molar-refractivity contribution in [2.24, 2.45) is 5.73 Å². The third-order valence-corrected chi connectivity index (χ3v) is 6.55. The first-order valence-electron chi connectivity index (χ1n) is 12.5. The fourth-order valence-corrected chi connectivity index (χ4v) is 4.37. The summed E-state index contributed by atoms with van der Waals surface area (Å²) in [6, 6.07) is 10.5. The molecule has 204 valence electrons. The Morgan fingerprint density at radius 2 is 1.53 bits per heavy atom. The molecule has 1 aliphatic rings. The third kappa shape index (κ3) is 7.53. The zero-order chi connectivity index (χ0) is 27.8. The standard InChI is InChI=1S/C27H34N4O7/c1-16(32)23(28)25(35)29-20(14-17-6-3-2-4-7-17)24(34)30-21(15-18-9-11-19(33)12-10-18)26(36)31-13-5-8-22(31)27(37)38/h2-4,6-7,9-12,16,20-23,32-33H,5,8,13-15,28H2,1H3,(H,29,35)(H,30,34)(H,37,38). The Bertz CT molecular complexity index is 1120. The van der Waals surface area contributed by atoms with Gasteiger partial charge >= 0.3 is 5.97 Å². The molecule has 1 saturated heterocycles. The number of phenols is 1. The zero-order valence-corrected chi connectivity index (χ0v) is 21.1. The second-order valence-corrected chi connectivity index (χ2v) is 9.48. The lowest BCUT2D eigenvalue weighted by atomic mass is 10.0. The van der Waals surface area contributed by atoms with E-state index >= 15 is 0 Å². The lowest BCUT2D eigenvalue weighted by Gasteiger charge is -2.29. The number of carboxylic acids is 1. The SMILES string of the molecule is CC(O)C(N)C(=O)NC(Cc1ccccc1)C(=O)NC(Cc1ccc(O)cc1)C(=O)N1CCCC1C(=O)O. The van der Waals surface area contributed by atoms with Crippen LogP contribution in [0.3, 0.4) is 0 Å². The molecule has 0 spiro atoms. The smallest absolute Gasteiger partial charge is 0.326 e. The molecular weight excluding hydrogens is 492 g/mol. The number of aromatic hydroxyl groups is 1. The third-order valence-electron chi connectivity index (χ3n) is 6.55. The van der Waals surface area contributed by atoms with Crippen LogP contribution in [0.4, 0.5) is 0 Å². The second-order valence-electron chi connectivity index (χ2n) is 9.48. The highest BCUT2D eigenvalue weighted by atomic mass is 16.4. The predicted molar refractivity (Wildman–Crippen MR) is 138 cm³/mol. The van der Waals surface area contributed by atoms with Crippen LogP contribution in [-0.4, -0.2) is 80.7 Å². The van der Waals surface area contributed by atoms with Gasteiger partial charge in [0, 0.05) is 19.4 Å². The lowest BCUT2D eigenvalue weighted by molar-refractivity contribution is -0.149. The highest BCUT2D eigenvalue weighted by Gasteiger charge is 2.38. The molecule has 2 aromatic rings. The van der Waals surface area contributed by atoms with E-state index in [4.69, 9.17) is 5.73 Å². The predicted octanol–water partition coefficient (Wildman–Crippen LogP) is -0.0693. The van der Waals surface area contributed by atoms with E-state index in [1.165, 1.54) is 24.0 Å². The van der Waals surface area contributed by atoms with E-state index in [9.17, 15) is 34.5 Å². The molecule has 3 amide bonds. The van der Waals surface area contributed by atoms with E-state index in [1.54, 1.807) is 36.4 Å². The quantitative estimate of drug-likeness (QED) is 0.235. The van der Waals surface area contributed by atoms with E-state index < -0.39 is 54.0 Å². The van der Waals surface area contributed by atoms with Crippen LogP contribution in [0.2, 0.25) is 0 Å². The Morgan fingerprint density at radius 3 is 2.13 bits per heavy atom. The summed E-state index contributed by atoms with van der Waals surface area (Å²) in [7, 11) is 0. The molecule has 11 heteroatoms. The van der Waals surface area contributed by atoms with Crippen molar-refractivity contribution in [1.82, 2.24) is 15.5 Å². The van der Waals surface area contributed by atoms with Gasteiger partial charge in [-0.05, 0) is 43.0 Å². The van der Waals surface area contributed by atoms with E-state index in [1.807, 2.05) is 6.07 Å². The summed E-state index contributed by atoms with van der Waals surface area (Å²) in [6.07, 6.45) is -0.195. The Balaban J connectivity index is 1.87. The molecule has 7 N–H and O–H groups in total. The largest absolute Gasteiger partial charge is 0.508 e. The maximum atomic E-state index is 13.5. The number of carbonyl (C=O) groups is 4. The van der Waals surface area contributed by atoms with Crippen LogP contribution in [0.25, 0.3) is 0 Å². The molecule has 0 aromatic heterocycles. The summed E-state index contributed by atoms with van der Waals surface area (Å²) in [6.45, 7) is 1.60. The average Bonchev–Trinajstić information content (AvgIpc) is 3.39. The van der Waals surface area contributed by atoms with Gasteiger partial charge in [0.25, 0.3) is 0 Å². The van der Waals surface area contributed by atoms with E-state index in [-0.39, 0.29) is 25.1 Å². The lowest BCUT2D eigenvalue weighted by Crippen LogP contribution is -2.59. The average molecular weight is 527 g/mol. The molecule has 2 aromatic carbocycles. The molecule has 0 saturated carbocycles. The molecule has 5 atom stereocenters. The van der Waals surface area contributed by atoms with Crippen molar-refractivity contribution in [3.05, 3.63) is 65.7 Å². The van der Waals surface area contributed by atoms with Crippen molar-refractivity contribution in [1.29, 1.82) is 0 Å². The molecule has 1 aliphatic heterocycles. The minimum Gasteiger partial charge on any atom is -0.508 e. The number of carboxylic acid groups (broad SMARTS) is 1. The van der Waals surface area contributed by atoms with Gasteiger partial charge in [0.2, 0.25) is 17.7 Å². The number of aliphatic carboxylic acids is 1. The molecular formula is C27H34N4O7. The molecule has 0 aliphatic carbocycles. The number of carbonyl (C=O) groups excluding carboxylic acids is 3. The number of aliphatic hydroxyl groups is 1. The van der Waals surface area contributed by atoms with Crippen LogP contribution in [0, 0.1) is 0 Å². The number of likely N-dealkylation sites (tertiary alicyclic amines) is 1. The first-order valence-corrected chi connectivity index (χ1v) is 12.5. The van der Waals surface area contributed by atoms with Crippen LogP contribution in [0.1, 0.15) is 30.9 Å². The Kier molecular flexibility index (Phi) is 9.80. The van der Waals surface area contributed by atoms with Crippen molar-refractivity contribution in [2.45, 2.75) is 62.9 Å². The van der Waals surface area contributed by atoms with Gasteiger partial charge in [0.15, 0.2) is 0 Å². The fourth-order valence-electron chi connectivity index (χ4n) is 4.37. The topological polar surface area (TPSA) is 182 Å². The highest BCUT2D eigenvalue weighted by Crippen LogP contribution is 2.20. The van der Waals surface area contributed by atoms with E-state index in [2.05, 4.69) is 10.6 Å². The maximum Gasteiger partial charge on any atom is 0.326 e. The molecule has 38 heavy (non-hydrogen) atoms. The van der Waals surface area contributed by atoms with Crippen LogP contribution < -0.4 is 16.4 Å². The normalized spacial score (nSPS) is 18.2. The van der Waals surface area contributed by atoms with E-state index in [0.717, 1.165) is 5.56 Å². The van der Waals surface area contributed by atoms with Gasteiger partial charge in [-0.25, -0.2) is 4.79 Å². The maximum absolute atomic E-state index is 13.5. The first kappa shape index (κ1) is 28.6. The van der Waals surface area contributed by atoms with Crippen LogP contribution >= 0.6 is 0 Å². The fraction of sp³-hybridized carbons (Fsp3) is 0.407. The number of nitrogens with two attached hydrogens (primary N) is 1. The summed E-state index contributed by atoms with van der Waals surface area (Å²) in [5.74, 6) is -3.04. The number of nitrogens with zero attached hydrogens (tertiary/aromatic N) is 1. The number of hydrogen-bond donors (Lipinski definition) is 6. The van der Waals surface area contributed by atoms with Gasteiger partial charge in [-0.15, -0.1) is 0 Å². The van der Waals surface area contributed by atoms with Crippen molar-refractivity contribution in [2.75, 3.05) is 6.54 Å². The zero-order valence-electron chi connectivity index (χ0n) is 21.1. The van der Waals surface area contributed by atoms with Gasteiger partial charge in [0.05, 0.1) is 6.10 Å². The monoisotopic (exact) mass is 526 g/mol. The van der Waals surface area contributed by atoms with Crippen molar-refractivity contribution >= 4 is 23.7 Å². The van der Waals surface area contributed by atoms with Gasteiger partial charge in [-0.1, -0.05) is 42.5 Å². The van der Waals surface area contributed by atoms with Crippen molar-refractivity contribution in [3.8, 4) is 5.75 Å². The summed E-state index contributed by atoms with van der Waals surface area (Å²) < 4.78 is 0. The molecule has 3 rings (SSSR count). The summed E-state index contributed by atoms with van der Waals surface area (Å²) in [5.41, 5.74) is 7.13. The Morgan fingerprint density at radius 1 is 0.947 bits per heavy atom. The first-order chi connectivity index (χ1) is 18.1. The number of phenolic OH excluding ortho intramolecular Hbond substituents is 1.